The largest absolute Gasteiger partial charge is 0.491 e. The van der Waals surface area contributed by atoms with Crippen LogP contribution in [0.2, 0.25) is 5.02 Å². The lowest BCUT2D eigenvalue weighted by Crippen LogP contribution is -2.30. The fourth-order valence-corrected chi connectivity index (χ4v) is 3.01. The molecular formula is C13H16ClN3O3S. The van der Waals surface area contributed by atoms with Crippen molar-refractivity contribution in [3.63, 3.8) is 0 Å². The van der Waals surface area contributed by atoms with Crippen molar-refractivity contribution < 1.29 is 13.2 Å². The van der Waals surface area contributed by atoms with E-state index in [2.05, 4.69) is 5.10 Å². The Morgan fingerprint density at radius 3 is 2.71 bits per heavy atom. The van der Waals surface area contributed by atoms with Crippen LogP contribution in [-0.2, 0) is 17.1 Å². The number of aromatic nitrogens is 2. The molecular weight excluding hydrogens is 314 g/mol. The Morgan fingerprint density at radius 1 is 1.38 bits per heavy atom. The van der Waals surface area contributed by atoms with Gasteiger partial charge < -0.3 is 4.74 Å². The van der Waals surface area contributed by atoms with Gasteiger partial charge in [0.2, 0.25) is 10.0 Å². The number of hydrogen-bond acceptors (Lipinski definition) is 4. The van der Waals surface area contributed by atoms with Crippen LogP contribution in [0.4, 0.5) is 0 Å². The van der Waals surface area contributed by atoms with E-state index < -0.39 is 10.0 Å². The maximum absolute atomic E-state index is 12.2. The highest BCUT2D eigenvalue weighted by atomic mass is 35.5. The molecule has 2 aromatic rings. The summed E-state index contributed by atoms with van der Waals surface area (Å²) in [4.78, 5) is 0.158. The first kappa shape index (κ1) is 15.8. The third-order valence-corrected chi connectivity index (χ3v) is 5.01. The normalized spacial score (nSPS) is 11.8. The molecule has 114 valence electrons. The van der Waals surface area contributed by atoms with Crippen molar-refractivity contribution >= 4 is 21.6 Å². The number of para-hydroxylation sites is 1. The fraction of sp³-hybridized carbons (Fsp3) is 0.308. The summed E-state index contributed by atoms with van der Waals surface area (Å²) in [6.07, 6.45) is 2.78. The molecule has 0 amide bonds. The quantitative estimate of drug-likeness (QED) is 0.810. The minimum absolute atomic E-state index is 0.158. The highest BCUT2D eigenvalue weighted by molar-refractivity contribution is 7.89. The van der Waals surface area contributed by atoms with Crippen molar-refractivity contribution in [3.8, 4) is 5.75 Å². The van der Waals surface area contributed by atoms with Gasteiger partial charge in [0, 0.05) is 26.8 Å². The Labute approximate surface area is 128 Å². The third kappa shape index (κ3) is 3.75. The van der Waals surface area contributed by atoms with E-state index >= 15 is 0 Å². The summed E-state index contributed by atoms with van der Waals surface area (Å²) in [5.41, 5.74) is 0. The molecule has 1 heterocycles. The summed E-state index contributed by atoms with van der Waals surface area (Å²) in [5.74, 6) is 0.534. The third-order valence-electron chi connectivity index (χ3n) is 2.89. The summed E-state index contributed by atoms with van der Waals surface area (Å²) >= 11 is 5.96. The lowest BCUT2D eigenvalue weighted by atomic mass is 10.3. The maximum Gasteiger partial charge on any atom is 0.246 e. The van der Waals surface area contributed by atoms with Crippen molar-refractivity contribution in [2.24, 2.45) is 7.05 Å². The monoisotopic (exact) mass is 329 g/mol. The van der Waals surface area contributed by atoms with Gasteiger partial charge in [0.1, 0.15) is 17.3 Å². The zero-order valence-electron chi connectivity index (χ0n) is 11.7. The second-order valence-electron chi connectivity index (χ2n) is 4.46. The standard InChI is InChI=1S/C13H16ClN3O3S/c1-16-10-11(9-15-16)21(18,19)17(2)7-8-20-13-6-4-3-5-12(13)14/h3-6,9-10H,7-8H2,1-2H3. The van der Waals surface area contributed by atoms with Gasteiger partial charge >= 0.3 is 0 Å². The van der Waals surface area contributed by atoms with Crippen molar-refractivity contribution in [3.05, 3.63) is 41.7 Å². The van der Waals surface area contributed by atoms with E-state index in [4.69, 9.17) is 16.3 Å². The van der Waals surface area contributed by atoms with Gasteiger partial charge in [-0.15, -0.1) is 0 Å². The maximum atomic E-state index is 12.2. The Kier molecular flexibility index (Phi) is 4.87. The van der Waals surface area contributed by atoms with Crippen molar-refractivity contribution in [2.75, 3.05) is 20.2 Å². The van der Waals surface area contributed by atoms with E-state index in [0.717, 1.165) is 0 Å². The second-order valence-corrected chi connectivity index (χ2v) is 6.91. The Morgan fingerprint density at radius 2 is 2.10 bits per heavy atom. The van der Waals surface area contributed by atoms with Crippen LogP contribution in [0.25, 0.3) is 0 Å². The Bertz CT molecular complexity index is 715. The first-order valence-electron chi connectivity index (χ1n) is 6.23. The van der Waals surface area contributed by atoms with E-state index in [1.165, 1.54) is 28.4 Å². The van der Waals surface area contributed by atoms with Crippen LogP contribution < -0.4 is 4.74 Å². The SMILES string of the molecule is CN(CCOc1ccccc1Cl)S(=O)(=O)c1cnn(C)c1. The van der Waals surface area contributed by atoms with Gasteiger partial charge in [-0.25, -0.2) is 8.42 Å². The second kappa shape index (κ2) is 6.46. The molecule has 0 bridgehead atoms. The van der Waals surface area contributed by atoms with Gasteiger partial charge in [0.05, 0.1) is 11.2 Å². The lowest BCUT2D eigenvalue weighted by molar-refractivity contribution is 0.287. The van der Waals surface area contributed by atoms with Gasteiger partial charge in [-0.3, -0.25) is 4.68 Å². The number of ether oxygens (including phenoxy) is 1. The van der Waals surface area contributed by atoms with Gasteiger partial charge in [0.15, 0.2) is 0 Å². The van der Waals surface area contributed by atoms with E-state index in [-0.39, 0.29) is 18.0 Å². The van der Waals surface area contributed by atoms with Crippen LogP contribution >= 0.6 is 11.6 Å². The fourth-order valence-electron chi connectivity index (χ4n) is 1.68. The van der Waals surface area contributed by atoms with Gasteiger partial charge in [-0.2, -0.15) is 9.40 Å². The molecule has 0 aliphatic carbocycles. The van der Waals surface area contributed by atoms with Crippen LogP contribution in [0, 0.1) is 0 Å². The summed E-state index contributed by atoms with van der Waals surface area (Å²) in [6, 6.07) is 7.05. The molecule has 0 aliphatic heterocycles. The number of benzene rings is 1. The number of halogens is 1. The number of hydrogen-bond donors (Lipinski definition) is 0. The smallest absolute Gasteiger partial charge is 0.246 e. The topological polar surface area (TPSA) is 64.4 Å². The van der Waals surface area contributed by atoms with Gasteiger partial charge in [-0.05, 0) is 12.1 Å². The molecule has 1 aromatic heterocycles. The molecule has 1 aromatic carbocycles. The van der Waals surface area contributed by atoms with Crippen LogP contribution in [0.1, 0.15) is 0 Å². The minimum atomic E-state index is -3.55. The molecule has 0 N–H and O–H groups in total. The van der Waals surface area contributed by atoms with Crippen LogP contribution in [0.5, 0.6) is 5.75 Å². The molecule has 21 heavy (non-hydrogen) atoms. The highest BCUT2D eigenvalue weighted by Gasteiger charge is 2.22. The molecule has 6 nitrogen and oxygen atoms in total. The van der Waals surface area contributed by atoms with E-state index in [1.54, 1.807) is 31.3 Å². The predicted molar refractivity (Wildman–Crippen MR) is 80.0 cm³/mol. The van der Waals surface area contributed by atoms with Crippen molar-refractivity contribution in [1.82, 2.24) is 14.1 Å². The zero-order valence-corrected chi connectivity index (χ0v) is 13.3. The zero-order chi connectivity index (χ0) is 15.5. The molecule has 0 spiro atoms. The molecule has 0 atom stereocenters. The van der Waals surface area contributed by atoms with Crippen LogP contribution in [0.15, 0.2) is 41.6 Å². The minimum Gasteiger partial charge on any atom is -0.491 e. The number of sulfonamides is 1. The summed E-state index contributed by atoms with van der Waals surface area (Å²) in [5, 5.41) is 4.36. The predicted octanol–water partition coefficient (Wildman–Crippen LogP) is 1.77. The molecule has 2 rings (SSSR count). The number of rotatable bonds is 6. The molecule has 0 unspecified atom stereocenters. The molecule has 0 aliphatic rings. The summed E-state index contributed by atoms with van der Waals surface area (Å²) in [6.45, 7) is 0.419. The first-order chi connectivity index (χ1) is 9.91. The average Bonchev–Trinajstić information content (AvgIpc) is 2.88. The number of nitrogens with zero attached hydrogens (tertiary/aromatic N) is 3. The first-order valence-corrected chi connectivity index (χ1v) is 8.05. The molecule has 0 saturated heterocycles. The van der Waals surface area contributed by atoms with E-state index in [9.17, 15) is 8.42 Å². The van der Waals surface area contributed by atoms with Crippen LogP contribution in [-0.4, -0.2) is 42.7 Å². The lowest BCUT2D eigenvalue weighted by Gasteiger charge is -2.16. The Hall–Kier alpha value is -1.57. The number of aryl methyl sites for hydroxylation is 1. The van der Waals surface area contributed by atoms with Crippen LogP contribution in [0.3, 0.4) is 0 Å². The van der Waals surface area contributed by atoms with Crippen molar-refractivity contribution in [2.45, 2.75) is 4.90 Å². The average molecular weight is 330 g/mol. The van der Waals surface area contributed by atoms with Gasteiger partial charge in [0.25, 0.3) is 0 Å². The Balaban J connectivity index is 1.96. The number of likely N-dealkylation sites (N-methyl/N-ethyl adjacent to an activating group) is 1. The molecule has 0 saturated carbocycles. The summed E-state index contributed by atoms with van der Waals surface area (Å²) in [7, 11) is -0.381. The van der Waals surface area contributed by atoms with Crippen molar-refractivity contribution in [1.29, 1.82) is 0 Å². The molecule has 0 radical (unpaired) electrons. The molecule has 8 heteroatoms. The highest BCUT2D eigenvalue weighted by Crippen LogP contribution is 2.23. The summed E-state index contributed by atoms with van der Waals surface area (Å²) < 4.78 is 32.6. The molecule has 0 fully saturated rings. The van der Waals surface area contributed by atoms with E-state index in [1.807, 2.05) is 0 Å². The van der Waals surface area contributed by atoms with E-state index in [0.29, 0.717) is 10.8 Å². The van der Waals surface area contributed by atoms with Gasteiger partial charge in [-0.1, -0.05) is 23.7 Å².